The van der Waals surface area contributed by atoms with Gasteiger partial charge in [0.1, 0.15) is 22.8 Å². The maximum Gasteiger partial charge on any atom is 0.266 e. The molecule has 2 aromatic heterocycles. The van der Waals surface area contributed by atoms with Gasteiger partial charge in [-0.15, -0.1) is 11.3 Å². The minimum Gasteiger partial charge on any atom is -0.356 e. The van der Waals surface area contributed by atoms with Crippen LogP contribution in [0.2, 0.25) is 0 Å². The SMILES string of the molecule is Cc1c(C(=O)Nc2ccc(F)cc2)sc2ncnc(N3CCC(C)CC3)c12. The molecule has 1 N–H and O–H groups in total. The zero-order valence-electron chi connectivity index (χ0n) is 15.3. The van der Waals surface area contributed by atoms with Gasteiger partial charge in [-0.05, 0) is 55.5 Å². The van der Waals surface area contributed by atoms with Gasteiger partial charge in [-0.3, -0.25) is 4.79 Å². The van der Waals surface area contributed by atoms with E-state index in [4.69, 9.17) is 0 Å². The Morgan fingerprint density at radius 1 is 1.22 bits per heavy atom. The smallest absolute Gasteiger partial charge is 0.266 e. The van der Waals surface area contributed by atoms with Crippen molar-refractivity contribution >= 4 is 39.0 Å². The van der Waals surface area contributed by atoms with Gasteiger partial charge in [0.05, 0.1) is 10.3 Å². The number of aromatic nitrogens is 2. The molecule has 0 atom stereocenters. The Morgan fingerprint density at radius 3 is 2.63 bits per heavy atom. The first-order chi connectivity index (χ1) is 13.0. The standard InChI is InChI=1S/C20H21FN4OS/c1-12-7-9-25(10-8-12)18-16-13(2)17(27-20(16)23-11-22-18)19(26)24-15-5-3-14(21)4-6-15/h3-6,11-12H,7-10H2,1-2H3,(H,24,26). The summed E-state index contributed by atoms with van der Waals surface area (Å²) in [6.07, 6.45) is 3.87. The summed E-state index contributed by atoms with van der Waals surface area (Å²) in [6, 6.07) is 5.76. The summed E-state index contributed by atoms with van der Waals surface area (Å²) in [5.74, 6) is 1.11. The number of benzene rings is 1. The minimum atomic E-state index is -0.332. The molecule has 1 aromatic carbocycles. The van der Waals surface area contributed by atoms with Crippen LogP contribution in [0.4, 0.5) is 15.9 Å². The highest BCUT2D eigenvalue weighted by Crippen LogP contribution is 2.36. The summed E-state index contributed by atoms with van der Waals surface area (Å²) in [6.45, 7) is 6.16. The van der Waals surface area contributed by atoms with Crippen LogP contribution >= 0.6 is 11.3 Å². The van der Waals surface area contributed by atoms with E-state index in [0.717, 1.165) is 53.4 Å². The van der Waals surface area contributed by atoms with E-state index >= 15 is 0 Å². The fraction of sp³-hybridized carbons (Fsp3) is 0.350. The number of anilines is 2. The number of hydrogen-bond acceptors (Lipinski definition) is 5. The molecule has 3 heterocycles. The molecule has 0 spiro atoms. The highest BCUT2D eigenvalue weighted by molar-refractivity contribution is 7.20. The molecule has 7 heteroatoms. The monoisotopic (exact) mass is 384 g/mol. The van der Waals surface area contributed by atoms with Gasteiger partial charge in [0.25, 0.3) is 5.91 Å². The highest BCUT2D eigenvalue weighted by Gasteiger charge is 2.24. The van der Waals surface area contributed by atoms with Crippen molar-refractivity contribution in [2.24, 2.45) is 5.92 Å². The number of fused-ring (bicyclic) bond motifs is 1. The van der Waals surface area contributed by atoms with Gasteiger partial charge in [-0.1, -0.05) is 6.92 Å². The molecule has 1 fully saturated rings. The van der Waals surface area contributed by atoms with Crippen LogP contribution in [-0.2, 0) is 0 Å². The van der Waals surface area contributed by atoms with Gasteiger partial charge >= 0.3 is 0 Å². The van der Waals surface area contributed by atoms with Gasteiger partial charge in [0, 0.05) is 18.8 Å². The lowest BCUT2D eigenvalue weighted by atomic mass is 9.99. The quantitative estimate of drug-likeness (QED) is 0.715. The summed E-state index contributed by atoms with van der Waals surface area (Å²) in [7, 11) is 0. The molecule has 0 unspecified atom stereocenters. The molecule has 1 amide bonds. The first kappa shape index (κ1) is 17.9. The van der Waals surface area contributed by atoms with Crippen molar-refractivity contribution in [3.05, 3.63) is 46.9 Å². The number of nitrogens with zero attached hydrogens (tertiary/aromatic N) is 3. The molecule has 27 heavy (non-hydrogen) atoms. The lowest BCUT2D eigenvalue weighted by Crippen LogP contribution is -2.33. The van der Waals surface area contributed by atoms with E-state index in [1.165, 1.54) is 23.5 Å². The van der Waals surface area contributed by atoms with Gasteiger partial charge in [-0.2, -0.15) is 0 Å². The van der Waals surface area contributed by atoms with Crippen LogP contribution in [0.5, 0.6) is 0 Å². The number of nitrogens with one attached hydrogen (secondary N) is 1. The van der Waals surface area contributed by atoms with Crippen LogP contribution in [0.1, 0.15) is 35.0 Å². The Morgan fingerprint density at radius 2 is 1.93 bits per heavy atom. The van der Waals surface area contributed by atoms with Gasteiger partial charge in [-0.25, -0.2) is 14.4 Å². The molecule has 4 rings (SSSR count). The van der Waals surface area contributed by atoms with Crippen molar-refractivity contribution in [3.8, 4) is 0 Å². The normalized spacial score (nSPS) is 15.3. The number of piperidine rings is 1. The van der Waals surface area contributed by atoms with Gasteiger partial charge in [0.2, 0.25) is 0 Å². The van der Waals surface area contributed by atoms with E-state index in [0.29, 0.717) is 10.6 Å². The van der Waals surface area contributed by atoms with Gasteiger partial charge < -0.3 is 10.2 Å². The van der Waals surface area contributed by atoms with E-state index in [9.17, 15) is 9.18 Å². The number of carbonyl (C=O) groups excluding carboxylic acids is 1. The zero-order chi connectivity index (χ0) is 19.0. The van der Waals surface area contributed by atoms with Crippen molar-refractivity contribution in [2.75, 3.05) is 23.3 Å². The molecular weight excluding hydrogens is 363 g/mol. The first-order valence-electron chi connectivity index (χ1n) is 9.09. The van der Waals surface area contributed by atoms with E-state index in [1.54, 1.807) is 18.5 Å². The molecule has 1 aliphatic heterocycles. The predicted molar refractivity (Wildman–Crippen MR) is 107 cm³/mol. The fourth-order valence-corrected chi connectivity index (χ4v) is 4.49. The summed E-state index contributed by atoms with van der Waals surface area (Å²) in [5.41, 5.74) is 1.46. The van der Waals surface area contributed by atoms with E-state index in [-0.39, 0.29) is 11.7 Å². The maximum absolute atomic E-state index is 13.1. The molecule has 0 saturated carbocycles. The Balaban J connectivity index is 1.66. The van der Waals surface area contributed by atoms with Gasteiger partial charge in [0.15, 0.2) is 0 Å². The minimum absolute atomic E-state index is 0.208. The number of hydrogen-bond donors (Lipinski definition) is 1. The Bertz CT molecular complexity index is 978. The Hall–Kier alpha value is -2.54. The van der Waals surface area contributed by atoms with Crippen LogP contribution in [0.25, 0.3) is 10.2 Å². The molecule has 0 radical (unpaired) electrons. The number of aryl methyl sites for hydroxylation is 1. The topological polar surface area (TPSA) is 58.1 Å². The molecular formula is C20H21FN4OS. The van der Waals surface area contributed by atoms with Crippen LogP contribution in [0, 0.1) is 18.7 Å². The molecule has 1 aliphatic rings. The third kappa shape index (κ3) is 3.51. The Labute approximate surface area is 161 Å². The van der Waals surface area contributed by atoms with Crippen molar-refractivity contribution in [1.29, 1.82) is 0 Å². The van der Waals surface area contributed by atoms with Crippen LogP contribution in [0.3, 0.4) is 0 Å². The number of amides is 1. The molecule has 5 nitrogen and oxygen atoms in total. The molecule has 1 saturated heterocycles. The van der Waals surface area contributed by atoms with Crippen LogP contribution < -0.4 is 10.2 Å². The summed E-state index contributed by atoms with van der Waals surface area (Å²) in [4.78, 5) is 25.4. The van der Waals surface area contributed by atoms with E-state index < -0.39 is 0 Å². The molecule has 0 bridgehead atoms. The van der Waals surface area contributed by atoms with Crippen LogP contribution in [0.15, 0.2) is 30.6 Å². The molecule has 140 valence electrons. The second kappa shape index (κ2) is 7.23. The van der Waals surface area contributed by atoms with Crippen LogP contribution in [-0.4, -0.2) is 29.0 Å². The third-order valence-corrected chi connectivity index (χ3v) is 6.30. The average Bonchev–Trinajstić information content (AvgIpc) is 3.01. The number of thiophene rings is 1. The molecule has 3 aromatic rings. The second-order valence-corrected chi connectivity index (χ2v) is 8.06. The lowest BCUT2D eigenvalue weighted by molar-refractivity contribution is 0.103. The van der Waals surface area contributed by atoms with E-state index in [2.05, 4.69) is 27.1 Å². The third-order valence-electron chi connectivity index (χ3n) is 5.10. The summed E-state index contributed by atoms with van der Waals surface area (Å²) >= 11 is 1.37. The molecule has 0 aliphatic carbocycles. The van der Waals surface area contributed by atoms with E-state index in [1.807, 2.05) is 6.92 Å². The predicted octanol–water partition coefficient (Wildman–Crippen LogP) is 4.63. The largest absolute Gasteiger partial charge is 0.356 e. The number of halogens is 1. The van der Waals surface area contributed by atoms with Crippen molar-refractivity contribution < 1.29 is 9.18 Å². The maximum atomic E-state index is 13.1. The van der Waals surface area contributed by atoms with Crippen molar-refractivity contribution in [1.82, 2.24) is 9.97 Å². The zero-order valence-corrected chi connectivity index (χ0v) is 16.1. The average molecular weight is 384 g/mol. The number of rotatable bonds is 3. The summed E-state index contributed by atoms with van der Waals surface area (Å²) < 4.78 is 13.1. The highest BCUT2D eigenvalue weighted by atomic mass is 32.1. The second-order valence-electron chi connectivity index (χ2n) is 7.06. The Kier molecular flexibility index (Phi) is 4.78. The summed E-state index contributed by atoms with van der Waals surface area (Å²) in [5, 5.41) is 3.79. The van der Waals surface area contributed by atoms with Crippen molar-refractivity contribution in [2.45, 2.75) is 26.7 Å². The van der Waals surface area contributed by atoms with Crippen molar-refractivity contribution in [3.63, 3.8) is 0 Å². The first-order valence-corrected chi connectivity index (χ1v) is 9.90. The fourth-order valence-electron chi connectivity index (χ4n) is 3.45. The lowest BCUT2D eigenvalue weighted by Gasteiger charge is -2.31. The number of carbonyl (C=O) groups is 1.